The molecule has 0 saturated carbocycles. The number of rotatable bonds is 10. The Hall–Kier alpha value is -3.37. The smallest absolute Gasteiger partial charge is 0.264 e. The highest BCUT2D eigenvalue weighted by Crippen LogP contribution is 2.28. The molecule has 0 heterocycles. The van der Waals surface area contributed by atoms with Crippen molar-refractivity contribution in [2.24, 2.45) is 0 Å². The number of amides is 2. The molecule has 0 radical (unpaired) electrons. The third-order valence-corrected chi connectivity index (χ3v) is 8.17. The summed E-state index contributed by atoms with van der Waals surface area (Å²) < 4.78 is 34.8. The SMILES string of the molecule is CNC(=O)C(C)N(Cc1cccc(Br)c1)C(=O)CN(c1cccc(OC)c1)S(=O)(=O)c1ccc(C)cc1. The zero-order valence-electron chi connectivity index (χ0n) is 21.1. The quantitative estimate of drug-likeness (QED) is 0.385. The predicted molar refractivity (Wildman–Crippen MR) is 147 cm³/mol. The van der Waals surface area contributed by atoms with Gasteiger partial charge in [-0.2, -0.15) is 0 Å². The number of hydrogen-bond donors (Lipinski definition) is 1. The van der Waals surface area contributed by atoms with Crippen LogP contribution in [0.25, 0.3) is 0 Å². The average Bonchev–Trinajstić information content (AvgIpc) is 2.89. The van der Waals surface area contributed by atoms with Crippen LogP contribution in [0.5, 0.6) is 5.75 Å². The van der Waals surface area contributed by atoms with Gasteiger partial charge in [0.2, 0.25) is 11.8 Å². The lowest BCUT2D eigenvalue weighted by molar-refractivity contribution is -0.139. The zero-order chi connectivity index (χ0) is 27.2. The van der Waals surface area contributed by atoms with Crippen molar-refractivity contribution in [3.63, 3.8) is 0 Å². The number of nitrogens with one attached hydrogen (secondary N) is 1. The van der Waals surface area contributed by atoms with E-state index in [4.69, 9.17) is 4.74 Å². The van der Waals surface area contributed by atoms with Gasteiger partial charge in [-0.15, -0.1) is 0 Å². The number of sulfonamides is 1. The van der Waals surface area contributed by atoms with Gasteiger partial charge in [-0.05, 0) is 55.8 Å². The Morgan fingerprint density at radius 1 is 1.03 bits per heavy atom. The second-order valence-electron chi connectivity index (χ2n) is 8.47. The van der Waals surface area contributed by atoms with E-state index in [2.05, 4.69) is 21.2 Å². The molecule has 0 aliphatic heterocycles. The minimum atomic E-state index is -4.13. The molecule has 37 heavy (non-hydrogen) atoms. The molecule has 3 aromatic carbocycles. The van der Waals surface area contributed by atoms with Gasteiger partial charge in [0.25, 0.3) is 10.0 Å². The maximum absolute atomic E-state index is 13.8. The molecule has 2 amide bonds. The van der Waals surface area contributed by atoms with Crippen LogP contribution in [0.3, 0.4) is 0 Å². The Labute approximate surface area is 226 Å². The number of hydrogen-bond acceptors (Lipinski definition) is 5. The van der Waals surface area contributed by atoms with E-state index < -0.39 is 28.5 Å². The number of ether oxygens (including phenoxy) is 1. The minimum absolute atomic E-state index is 0.0478. The largest absolute Gasteiger partial charge is 0.497 e. The molecular formula is C27H30BrN3O5S. The highest BCUT2D eigenvalue weighted by Gasteiger charge is 2.32. The van der Waals surface area contributed by atoms with Gasteiger partial charge in [-0.3, -0.25) is 13.9 Å². The van der Waals surface area contributed by atoms with Crippen LogP contribution in [-0.2, 0) is 26.2 Å². The fourth-order valence-corrected chi connectivity index (χ4v) is 5.61. The van der Waals surface area contributed by atoms with Gasteiger partial charge in [-0.25, -0.2) is 8.42 Å². The van der Waals surface area contributed by atoms with E-state index in [1.807, 2.05) is 31.2 Å². The van der Waals surface area contributed by atoms with Crippen LogP contribution in [-0.4, -0.2) is 51.9 Å². The Bertz CT molecular complexity index is 1360. The van der Waals surface area contributed by atoms with E-state index in [1.54, 1.807) is 43.3 Å². The summed E-state index contributed by atoms with van der Waals surface area (Å²) in [6.45, 7) is 3.07. The number of carbonyl (C=O) groups is 2. The lowest BCUT2D eigenvalue weighted by atomic mass is 10.1. The molecule has 196 valence electrons. The van der Waals surface area contributed by atoms with Gasteiger partial charge >= 0.3 is 0 Å². The molecule has 8 nitrogen and oxygen atoms in total. The Morgan fingerprint density at radius 2 is 1.70 bits per heavy atom. The fourth-order valence-electron chi connectivity index (χ4n) is 3.76. The number of aryl methyl sites for hydroxylation is 1. The number of nitrogens with zero attached hydrogens (tertiary/aromatic N) is 2. The molecule has 1 N–H and O–H groups in total. The zero-order valence-corrected chi connectivity index (χ0v) is 23.5. The van der Waals surface area contributed by atoms with E-state index in [0.717, 1.165) is 19.9 Å². The molecule has 0 spiro atoms. The van der Waals surface area contributed by atoms with Gasteiger partial charge in [0, 0.05) is 24.1 Å². The van der Waals surface area contributed by atoms with Crippen LogP contribution in [0.15, 0.2) is 82.2 Å². The van der Waals surface area contributed by atoms with Gasteiger partial charge in [0.15, 0.2) is 0 Å². The normalized spacial score (nSPS) is 11.9. The second kappa shape index (κ2) is 12.2. The average molecular weight is 589 g/mol. The summed E-state index contributed by atoms with van der Waals surface area (Å²) in [4.78, 5) is 27.7. The molecule has 1 atom stereocenters. The summed E-state index contributed by atoms with van der Waals surface area (Å²) in [6.07, 6.45) is 0. The number of carbonyl (C=O) groups excluding carboxylic acids is 2. The number of anilines is 1. The molecule has 3 rings (SSSR count). The monoisotopic (exact) mass is 587 g/mol. The van der Waals surface area contributed by atoms with Crippen molar-refractivity contribution < 1.29 is 22.7 Å². The summed E-state index contributed by atoms with van der Waals surface area (Å²) in [5.74, 6) is -0.453. The number of halogens is 1. The van der Waals surface area contributed by atoms with Crippen LogP contribution in [0, 0.1) is 6.92 Å². The highest BCUT2D eigenvalue weighted by molar-refractivity contribution is 9.10. The summed E-state index contributed by atoms with van der Waals surface area (Å²) in [7, 11) is -1.16. The van der Waals surface area contributed by atoms with Crippen LogP contribution >= 0.6 is 15.9 Å². The van der Waals surface area contributed by atoms with Crippen molar-refractivity contribution in [3.05, 3.63) is 88.4 Å². The van der Waals surface area contributed by atoms with Crippen molar-refractivity contribution in [1.82, 2.24) is 10.2 Å². The topological polar surface area (TPSA) is 96.0 Å². The first kappa shape index (κ1) is 28.2. The van der Waals surface area contributed by atoms with Crippen molar-refractivity contribution in [3.8, 4) is 5.75 Å². The fraction of sp³-hybridized carbons (Fsp3) is 0.259. The predicted octanol–water partition coefficient (Wildman–Crippen LogP) is 4.12. The summed E-state index contributed by atoms with van der Waals surface area (Å²) in [6, 6.07) is 19.4. The van der Waals surface area contributed by atoms with Crippen molar-refractivity contribution in [2.75, 3.05) is 25.0 Å². The number of benzene rings is 3. The molecule has 0 aromatic heterocycles. The lowest BCUT2D eigenvalue weighted by Gasteiger charge is -2.32. The standard InChI is InChI=1S/C27H30BrN3O5S/c1-19-11-13-25(14-12-19)37(34,35)31(23-9-6-10-24(16-23)36-4)18-26(32)30(20(2)27(33)29-3)17-21-7-5-8-22(28)15-21/h5-16,20H,17-18H2,1-4H3,(H,29,33). The summed E-state index contributed by atoms with van der Waals surface area (Å²) >= 11 is 3.43. The van der Waals surface area contributed by atoms with Crippen LogP contribution in [0.1, 0.15) is 18.1 Å². The van der Waals surface area contributed by atoms with Crippen molar-refractivity contribution in [2.45, 2.75) is 31.3 Å². The molecule has 3 aromatic rings. The second-order valence-corrected chi connectivity index (χ2v) is 11.2. The summed E-state index contributed by atoms with van der Waals surface area (Å²) in [5.41, 5.74) is 1.96. The molecule has 1 unspecified atom stereocenters. The number of methoxy groups -OCH3 is 1. The van der Waals surface area contributed by atoms with E-state index >= 15 is 0 Å². The van der Waals surface area contributed by atoms with E-state index in [0.29, 0.717) is 5.75 Å². The van der Waals surface area contributed by atoms with Crippen LogP contribution in [0.4, 0.5) is 5.69 Å². The van der Waals surface area contributed by atoms with E-state index in [-0.39, 0.29) is 23.0 Å². The van der Waals surface area contributed by atoms with E-state index in [1.165, 1.54) is 31.2 Å². The first-order chi connectivity index (χ1) is 17.6. The Morgan fingerprint density at radius 3 is 2.32 bits per heavy atom. The van der Waals surface area contributed by atoms with Gasteiger partial charge in [-0.1, -0.05) is 51.8 Å². The van der Waals surface area contributed by atoms with Gasteiger partial charge in [0.1, 0.15) is 18.3 Å². The third-order valence-electron chi connectivity index (χ3n) is 5.88. The molecule has 0 saturated heterocycles. The van der Waals surface area contributed by atoms with Crippen molar-refractivity contribution >= 4 is 43.5 Å². The first-order valence-electron chi connectivity index (χ1n) is 11.6. The molecule has 0 fully saturated rings. The highest BCUT2D eigenvalue weighted by atomic mass is 79.9. The van der Waals surface area contributed by atoms with Gasteiger partial charge < -0.3 is 15.0 Å². The van der Waals surface area contributed by atoms with Crippen LogP contribution < -0.4 is 14.4 Å². The molecular weight excluding hydrogens is 558 g/mol. The van der Waals surface area contributed by atoms with Crippen LogP contribution in [0.2, 0.25) is 0 Å². The lowest BCUT2D eigenvalue weighted by Crippen LogP contribution is -2.50. The maximum atomic E-state index is 13.8. The molecule has 10 heteroatoms. The minimum Gasteiger partial charge on any atom is -0.497 e. The van der Waals surface area contributed by atoms with E-state index in [9.17, 15) is 18.0 Å². The molecule has 0 bridgehead atoms. The Balaban J connectivity index is 2.05. The molecule has 0 aliphatic rings. The number of likely N-dealkylation sites (N-methyl/N-ethyl adjacent to an activating group) is 1. The molecule has 0 aliphatic carbocycles. The summed E-state index contributed by atoms with van der Waals surface area (Å²) in [5, 5.41) is 2.57. The third kappa shape index (κ3) is 6.90. The first-order valence-corrected chi connectivity index (χ1v) is 13.8. The Kier molecular flexibility index (Phi) is 9.34. The maximum Gasteiger partial charge on any atom is 0.264 e. The van der Waals surface area contributed by atoms with Gasteiger partial charge in [0.05, 0.1) is 17.7 Å². The van der Waals surface area contributed by atoms with Crippen molar-refractivity contribution in [1.29, 1.82) is 0 Å².